The molecule has 0 bridgehead atoms. The van der Waals surface area contributed by atoms with Crippen molar-refractivity contribution in [3.05, 3.63) is 0 Å². The fraction of sp³-hybridized carbons (Fsp3) is 0.944. The van der Waals surface area contributed by atoms with Crippen LogP contribution in [0.4, 0.5) is 0 Å². The van der Waals surface area contributed by atoms with Gasteiger partial charge in [0, 0.05) is 6.42 Å². The average Bonchev–Trinajstić information content (AvgIpc) is 2.45. The highest BCUT2D eigenvalue weighted by Gasteiger charge is 2.01. The summed E-state index contributed by atoms with van der Waals surface area (Å²) in [5, 5.41) is 0. The summed E-state index contributed by atoms with van der Waals surface area (Å²) in [6.07, 6.45) is 17.2. The number of rotatable bonds is 15. The van der Waals surface area contributed by atoms with Gasteiger partial charge in [0.1, 0.15) is 0 Å². The van der Waals surface area contributed by atoms with E-state index in [4.69, 9.17) is 4.74 Å². The van der Waals surface area contributed by atoms with Crippen molar-refractivity contribution in [1.29, 1.82) is 0 Å². The van der Waals surface area contributed by atoms with Crippen LogP contribution in [-0.2, 0) is 9.53 Å². The third-order valence-electron chi connectivity index (χ3n) is 3.75. The zero-order valence-electron chi connectivity index (χ0n) is 13.9. The first-order valence-electron chi connectivity index (χ1n) is 8.96. The Balaban J connectivity index is 3.07. The standard InChI is InChI=1S/C18H36O2/c1-3-5-7-8-9-10-11-12-13-14-15-16-18(19)20-17-6-4-2/h3-17H2,1-2H3. The zero-order chi connectivity index (χ0) is 14.9. The first kappa shape index (κ1) is 19.5. The van der Waals surface area contributed by atoms with Crippen LogP contribution in [0.3, 0.4) is 0 Å². The van der Waals surface area contributed by atoms with Crippen LogP contribution in [0.1, 0.15) is 104 Å². The van der Waals surface area contributed by atoms with E-state index in [1.165, 1.54) is 64.2 Å². The van der Waals surface area contributed by atoms with Gasteiger partial charge in [-0.05, 0) is 12.8 Å². The maximum atomic E-state index is 11.4. The van der Waals surface area contributed by atoms with E-state index in [-0.39, 0.29) is 5.97 Å². The minimum atomic E-state index is -0.00521. The maximum Gasteiger partial charge on any atom is 0.305 e. The topological polar surface area (TPSA) is 26.3 Å². The van der Waals surface area contributed by atoms with Crippen LogP contribution < -0.4 is 0 Å². The lowest BCUT2D eigenvalue weighted by atomic mass is 10.1. The number of esters is 1. The smallest absolute Gasteiger partial charge is 0.305 e. The van der Waals surface area contributed by atoms with Crippen LogP contribution in [0.5, 0.6) is 0 Å². The Morgan fingerprint density at radius 3 is 1.60 bits per heavy atom. The quantitative estimate of drug-likeness (QED) is 0.271. The fourth-order valence-corrected chi connectivity index (χ4v) is 2.34. The van der Waals surface area contributed by atoms with E-state index in [1.54, 1.807) is 0 Å². The van der Waals surface area contributed by atoms with Gasteiger partial charge in [0.25, 0.3) is 0 Å². The monoisotopic (exact) mass is 284 g/mol. The molecule has 0 fully saturated rings. The van der Waals surface area contributed by atoms with Gasteiger partial charge in [-0.15, -0.1) is 0 Å². The van der Waals surface area contributed by atoms with E-state index in [9.17, 15) is 4.79 Å². The van der Waals surface area contributed by atoms with Gasteiger partial charge in [-0.1, -0.05) is 84.5 Å². The minimum absolute atomic E-state index is 0.00521. The summed E-state index contributed by atoms with van der Waals surface area (Å²) in [5.41, 5.74) is 0. The normalized spacial score (nSPS) is 10.7. The summed E-state index contributed by atoms with van der Waals surface area (Å²) < 4.78 is 5.14. The van der Waals surface area contributed by atoms with E-state index in [0.717, 1.165) is 19.3 Å². The van der Waals surface area contributed by atoms with Crippen LogP contribution >= 0.6 is 0 Å². The molecule has 0 saturated carbocycles. The van der Waals surface area contributed by atoms with Crippen molar-refractivity contribution in [3.63, 3.8) is 0 Å². The van der Waals surface area contributed by atoms with Gasteiger partial charge in [0.2, 0.25) is 0 Å². The second kappa shape index (κ2) is 16.5. The Bertz CT molecular complexity index is 202. The minimum Gasteiger partial charge on any atom is -0.466 e. The Morgan fingerprint density at radius 1 is 0.650 bits per heavy atom. The lowest BCUT2D eigenvalue weighted by Crippen LogP contribution is -2.05. The van der Waals surface area contributed by atoms with Gasteiger partial charge in [-0.25, -0.2) is 0 Å². The number of carbonyl (C=O) groups excluding carboxylic acids is 1. The highest BCUT2D eigenvalue weighted by atomic mass is 16.5. The highest BCUT2D eigenvalue weighted by Crippen LogP contribution is 2.12. The van der Waals surface area contributed by atoms with Crippen molar-refractivity contribution < 1.29 is 9.53 Å². The van der Waals surface area contributed by atoms with E-state index in [1.807, 2.05) is 0 Å². The summed E-state index contributed by atoms with van der Waals surface area (Å²) >= 11 is 0. The molecule has 0 atom stereocenters. The SMILES string of the molecule is CCCCCCCCCCCCCC(=O)OCCCC. The second-order valence-corrected chi connectivity index (χ2v) is 5.86. The van der Waals surface area contributed by atoms with E-state index >= 15 is 0 Å². The van der Waals surface area contributed by atoms with E-state index < -0.39 is 0 Å². The van der Waals surface area contributed by atoms with E-state index in [0.29, 0.717) is 13.0 Å². The third kappa shape index (κ3) is 15.5. The van der Waals surface area contributed by atoms with Crippen molar-refractivity contribution in [2.75, 3.05) is 6.61 Å². The molecular weight excluding hydrogens is 248 g/mol. The molecule has 0 aliphatic heterocycles. The Kier molecular flexibility index (Phi) is 16.1. The number of unbranched alkanes of at least 4 members (excludes halogenated alkanes) is 11. The Morgan fingerprint density at radius 2 is 1.10 bits per heavy atom. The molecule has 0 aliphatic carbocycles. The van der Waals surface area contributed by atoms with Crippen molar-refractivity contribution in [3.8, 4) is 0 Å². The van der Waals surface area contributed by atoms with Gasteiger partial charge >= 0.3 is 5.97 Å². The molecule has 0 saturated heterocycles. The molecular formula is C18H36O2. The predicted molar refractivity (Wildman–Crippen MR) is 86.9 cm³/mol. The molecule has 20 heavy (non-hydrogen) atoms. The van der Waals surface area contributed by atoms with Crippen molar-refractivity contribution >= 4 is 5.97 Å². The molecule has 0 radical (unpaired) electrons. The lowest BCUT2D eigenvalue weighted by molar-refractivity contribution is -0.143. The number of hydrogen-bond acceptors (Lipinski definition) is 2. The first-order valence-corrected chi connectivity index (χ1v) is 8.96. The average molecular weight is 284 g/mol. The van der Waals surface area contributed by atoms with Gasteiger partial charge in [0.15, 0.2) is 0 Å². The van der Waals surface area contributed by atoms with Crippen molar-refractivity contribution in [1.82, 2.24) is 0 Å². The van der Waals surface area contributed by atoms with Crippen LogP contribution in [0.25, 0.3) is 0 Å². The van der Waals surface area contributed by atoms with Gasteiger partial charge in [-0.2, -0.15) is 0 Å². The fourth-order valence-electron chi connectivity index (χ4n) is 2.34. The highest BCUT2D eigenvalue weighted by molar-refractivity contribution is 5.69. The molecule has 0 aromatic carbocycles. The van der Waals surface area contributed by atoms with Crippen LogP contribution in [0.15, 0.2) is 0 Å². The molecule has 0 aromatic heterocycles. The number of carbonyl (C=O) groups is 1. The summed E-state index contributed by atoms with van der Waals surface area (Å²) in [5.74, 6) is -0.00521. The second-order valence-electron chi connectivity index (χ2n) is 5.86. The van der Waals surface area contributed by atoms with Crippen LogP contribution in [0.2, 0.25) is 0 Å². The van der Waals surface area contributed by atoms with E-state index in [2.05, 4.69) is 13.8 Å². The molecule has 0 rings (SSSR count). The molecule has 0 spiro atoms. The lowest BCUT2D eigenvalue weighted by Gasteiger charge is -2.04. The molecule has 0 heterocycles. The molecule has 2 heteroatoms. The summed E-state index contributed by atoms with van der Waals surface area (Å²) in [7, 11) is 0. The zero-order valence-corrected chi connectivity index (χ0v) is 13.9. The predicted octanol–water partition coefficient (Wildman–Crippen LogP) is 6.03. The Hall–Kier alpha value is -0.530. The molecule has 0 N–H and O–H groups in total. The first-order chi connectivity index (χ1) is 9.81. The molecule has 0 aromatic rings. The largest absolute Gasteiger partial charge is 0.466 e. The summed E-state index contributed by atoms with van der Waals surface area (Å²) in [6.45, 7) is 4.98. The number of ether oxygens (including phenoxy) is 1. The molecule has 120 valence electrons. The van der Waals surface area contributed by atoms with Crippen LogP contribution in [0, 0.1) is 0 Å². The van der Waals surface area contributed by atoms with Gasteiger partial charge in [-0.3, -0.25) is 4.79 Å². The maximum absolute atomic E-state index is 11.4. The number of hydrogen-bond donors (Lipinski definition) is 0. The molecule has 0 aliphatic rings. The molecule has 2 nitrogen and oxygen atoms in total. The van der Waals surface area contributed by atoms with Crippen LogP contribution in [-0.4, -0.2) is 12.6 Å². The Labute approximate surface area is 126 Å². The van der Waals surface area contributed by atoms with Crippen molar-refractivity contribution in [2.45, 2.75) is 104 Å². The third-order valence-corrected chi connectivity index (χ3v) is 3.75. The molecule has 0 unspecified atom stereocenters. The van der Waals surface area contributed by atoms with Gasteiger partial charge < -0.3 is 4.74 Å². The summed E-state index contributed by atoms with van der Waals surface area (Å²) in [4.78, 5) is 11.4. The van der Waals surface area contributed by atoms with Crippen molar-refractivity contribution in [2.24, 2.45) is 0 Å². The molecule has 0 amide bonds. The summed E-state index contributed by atoms with van der Waals surface area (Å²) in [6, 6.07) is 0. The van der Waals surface area contributed by atoms with Gasteiger partial charge in [0.05, 0.1) is 6.61 Å².